The third kappa shape index (κ3) is 5.02. The summed E-state index contributed by atoms with van der Waals surface area (Å²) in [6.07, 6.45) is 2.61. The van der Waals surface area contributed by atoms with Gasteiger partial charge in [-0.2, -0.15) is 5.26 Å². The van der Waals surface area contributed by atoms with Crippen LogP contribution in [0.4, 0.5) is 5.69 Å². The molecule has 2 aliphatic rings. The normalized spacial score (nSPS) is 17.4. The van der Waals surface area contributed by atoms with Gasteiger partial charge in [-0.15, -0.1) is 0 Å². The van der Waals surface area contributed by atoms with E-state index >= 15 is 0 Å². The highest BCUT2D eigenvalue weighted by atomic mass is 16.5. The van der Waals surface area contributed by atoms with Crippen LogP contribution in [0.5, 0.6) is 5.75 Å². The summed E-state index contributed by atoms with van der Waals surface area (Å²) in [7, 11) is 0. The van der Waals surface area contributed by atoms with Crippen LogP contribution in [-0.4, -0.2) is 25.6 Å². The Bertz CT molecular complexity index is 950. The molecule has 1 N–H and O–H groups in total. The summed E-state index contributed by atoms with van der Waals surface area (Å²) in [6.45, 7) is 8.07. The molecule has 4 rings (SSSR count). The summed E-state index contributed by atoms with van der Waals surface area (Å²) in [5.41, 5.74) is 2.58. The first kappa shape index (κ1) is 21.2. The fraction of sp³-hybridized carbons (Fsp3) is 0.462. The van der Waals surface area contributed by atoms with E-state index in [-0.39, 0.29) is 11.9 Å². The van der Waals surface area contributed by atoms with Crippen LogP contribution < -0.4 is 15.0 Å². The second-order valence-electron chi connectivity index (χ2n) is 9.45. The van der Waals surface area contributed by atoms with Crippen molar-refractivity contribution in [2.75, 3.05) is 24.6 Å². The molecule has 0 radical (unpaired) electrons. The van der Waals surface area contributed by atoms with E-state index in [2.05, 4.69) is 58.7 Å². The van der Waals surface area contributed by atoms with Crippen molar-refractivity contribution < 1.29 is 9.53 Å². The predicted octanol–water partition coefficient (Wildman–Crippen LogP) is 4.81. The molecule has 5 heteroatoms. The van der Waals surface area contributed by atoms with E-state index < -0.39 is 5.41 Å². The molecular weight excluding hydrogens is 386 g/mol. The van der Waals surface area contributed by atoms with Gasteiger partial charge in [-0.3, -0.25) is 4.79 Å². The maximum atomic E-state index is 12.2. The molecule has 1 aliphatic carbocycles. The monoisotopic (exact) mass is 417 g/mol. The maximum absolute atomic E-state index is 12.2. The van der Waals surface area contributed by atoms with Crippen molar-refractivity contribution in [3.05, 3.63) is 59.7 Å². The quantitative estimate of drug-likeness (QED) is 0.670. The van der Waals surface area contributed by atoms with E-state index in [1.54, 1.807) is 13.8 Å². The van der Waals surface area contributed by atoms with Crippen LogP contribution in [0.15, 0.2) is 48.5 Å². The molecule has 2 aromatic rings. The van der Waals surface area contributed by atoms with Crippen LogP contribution in [0.3, 0.4) is 0 Å². The predicted molar refractivity (Wildman–Crippen MR) is 122 cm³/mol. The number of nitrogens with zero attached hydrogens (tertiary/aromatic N) is 2. The largest absolute Gasteiger partial charge is 0.493 e. The van der Waals surface area contributed by atoms with Crippen molar-refractivity contribution in [2.45, 2.75) is 45.6 Å². The Morgan fingerprint density at radius 3 is 2.39 bits per heavy atom. The lowest BCUT2D eigenvalue weighted by Crippen LogP contribution is -2.45. The average molecular weight is 418 g/mol. The number of hydrogen-bond donors (Lipinski definition) is 1. The first-order valence-corrected chi connectivity index (χ1v) is 11.2. The highest BCUT2D eigenvalue weighted by Gasteiger charge is 2.30. The summed E-state index contributed by atoms with van der Waals surface area (Å²) in [6, 6.07) is 18.8. The molecular formula is C26H31N3O2. The Labute approximate surface area is 185 Å². The topological polar surface area (TPSA) is 65.4 Å². The highest BCUT2D eigenvalue weighted by molar-refractivity contribution is 5.84. The third-order valence-electron chi connectivity index (χ3n) is 6.37. The molecule has 1 amide bonds. The standard InChI is InChI=1S/C26H31N3O2/c1-18(28-25(30)26(2,3)17-27)20-6-8-21(9-7-20)22-14-29(15-22)23-10-12-24(13-11-23)31-16-19-4-5-19/h6-13,18-19,22H,4-5,14-16H2,1-3H3,(H,28,30). The summed E-state index contributed by atoms with van der Waals surface area (Å²) in [5.74, 6) is 2.00. The van der Waals surface area contributed by atoms with Crippen molar-refractivity contribution >= 4 is 11.6 Å². The number of rotatable bonds is 8. The number of anilines is 1. The molecule has 5 nitrogen and oxygen atoms in total. The van der Waals surface area contributed by atoms with Gasteiger partial charge in [0, 0.05) is 24.7 Å². The van der Waals surface area contributed by atoms with Crippen LogP contribution >= 0.6 is 0 Å². The van der Waals surface area contributed by atoms with Gasteiger partial charge in [0.05, 0.1) is 18.7 Å². The van der Waals surface area contributed by atoms with Crippen molar-refractivity contribution in [1.82, 2.24) is 5.32 Å². The number of amides is 1. The first-order chi connectivity index (χ1) is 14.9. The summed E-state index contributed by atoms with van der Waals surface area (Å²) >= 11 is 0. The minimum atomic E-state index is -1.02. The van der Waals surface area contributed by atoms with Gasteiger partial charge in [0.25, 0.3) is 0 Å². The Morgan fingerprint density at radius 1 is 1.16 bits per heavy atom. The molecule has 1 saturated carbocycles. The molecule has 1 aliphatic heterocycles. The van der Waals surface area contributed by atoms with Crippen molar-refractivity contribution in [3.8, 4) is 11.8 Å². The van der Waals surface area contributed by atoms with Gasteiger partial charge in [-0.1, -0.05) is 24.3 Å². The van der Waals surface area contributed by atoms with Gasteiger partial charge in [-0.05, 0) is 74.9 Å². The zero-order valence-corrected chi connectivity index (χ0v) is 18.6. The number of carbonyl (C=O) groups is 1. The highest BCUT2D eigenvalue weighted by Crippen LogP contribution is 2.34. The number of ether oxygens (including phenoxy) is 1. The fourth-order valence-corrected chi connectivity index (χ4v) is 3.72. The fourth-order valence-electron chi connectivity index (χ4n) is 3.72. The van der Waals surface area contributed by atoms with E-state index in [1.807, 2.05) is 13.0 Å². The van der Waals surface area contributed by atoms with E-state index in [0.717, 1.165) is 36.9 Å². The number of nitrogens with one attached hydrogen (secondary N) is 1. The smallest absolute Gasteiger partial charge is 0.240 e. The van der Waals surface area contributed by atoms with E-state index in [4.69, 9.17) is 10.00 Å². The van der Waals surface area contributed by atoms with Crippen molar-refractivity contribution in [3.63, 3.8) is 0 Å². The lowest BCUT2D eigenvalue weighted by molar-refractivity contribution is -0.127. The van der Waals surface area contributed by atoms with Gasteiger partial charge >= 0.3 is 0 Å². The molecule has 2 fully saturated rings. The summed E-state index contributed by atoms with van der Waals surface area (Å²) < 4.78 is 5.83. The molecule has 1 atom stereocenters. The lowest BCUT2D eigenvalue weighted by Gasteiger charge is -2.41. The first-order valence-electron chi connectivity index (χ1n) is 11.2. The summed E-state index contributed by atoms with van der Waals surface area (Å²) in [4.78, 5) is 14.6. The van der Waals surface area contributed by atoms with Gasteiger partial charge in [-0.25, -0.2) is 0 Å². The lowest BCUT2D eigenvalue weighted by atomic mass is 9.89. The number of benzene rings is 2. The minimum absolute atomic E-state index is 0.132. The Morgan fingerprint density at radius 2 is 1.81 bits per heavy atom. The van der Waals surface area contributed by atoms with Gasteiger partial charge in [0.1, 0.15) is 11.2 Å². The Balaban J connectivity index is 1.28. The number of hydrogen-bond acceptors (Lipinski definition) is 4. The molecule has 0 spiro atoms. The van der Waals surface area contributed by atoms with E-state index in [1.165, 1.54) is 24.1 Å². The zero-order valence-electron chi connectivity index (χ0n) is 18.6. The molecule has 1 unspecified atom stereocenters. The number of carbonyl (C=O) groups excluding carboxylic acids is 1. The second-order valence-corrected chi connectivity index (χ2v) is 9.45. The minimum Gasteiger partial charge on any atom is -0.493 e. The molecule has 0 aromatic heterocycles. The van der Waals surface area contributed by atoms with Crippen LogP contribution in [0.1, 0.15) is 56.7 Å². The van der Waals surface area contributed by atoms with Gasteiger partial charge in [0.15, 0.2) is 0 Å². The van der Waals surface area contributed by atoms with Crippen LogP contribution in [-0.2, 0) is 4.79 Å². The SMILES string of the molecule is CC(NC(=O)C(C)(C)C#N)c1ccc(C2CN(c3ccc(OCC4CC4)cc3)C2)cc1. The Hall–Kier alpha value is -3.00. The molecule has 0 bridgehead atoms. The molecule has 1 heterocycles. The van der Waals surface area contributed by atoms with E-state index in [0.29, 0.717) is 5.92 Å². The molecule has 31 heavy (non-hydrogen) atoms. The third-order valence-corrected chi connectivity index (χ3v) is 6.37. The number of nitriles is 1. The van der Waals surface area contributed by atoms with E-state index in [9.17, 15) is 4.79 Å². The van der Waals surface area contributed by atoms with Crippen LogP contribution in [0.2, 0.25) is 0 Å². The molecule has 162 valence electrons. The van der Waals surface area contributed by atoms with Crippen molar-refractivity contribution in [1.29, 1.82) is 5.26 Å². The summed E-state index contributed by atoms with van der Waals surface area (Å²) in [5, 5.41) is 12.1. The molecule has 1 saturated heterocycles. The second kappa shape index (κ2) is 8.63. The average Bonchev–Trinajstić information content (AvgIpc) is 3.57. The van der Waals surface area contributed by atoms with Crippen LogP contribution in [0.25, 0.3) is 0 Å². The van der Waals surface area contributed by atoms with Crippen molar-refractivity contribution in [2.24, 2.45) is 11.3 Å². The molecule has 2 aromatic carbocycles. The van der Waals surface area contributed by atoms with Gasteiger partial charge < -0.3 is 15.0 Å². The zero-order chi connectivity index (χ0) is 22.0. The van der Waals surface area contributed by atoms with Crippen LogP contribution in [0, 0.1) is 22.7 Å². The maximum Gasteiger partial charge on any atom is 0.240 e. The Kier molecular flexibility index (Phi) is 5.91. The van der Waals surface area contributed by atoms with Gasteiger partial charge in [0.2, 0.25) is 5.91 Å².